The van der Waals surface area contributed by atoms with E-state index in [1.54, 1.807) is 0 Å². The van der Waals surface area contributed by atoms with Gasteiger partial charge in [0.25, 0.3) is 0 Å². The Hall–Kier alpha value is -0.870. The molecule has 1 aromatic heterocycles. The number of ether oxygens (including phenoxy) is 1. The summed E-state index contributed by atoms with van der Waals surface area (Å²) in [5.41, 5.74) is 2.58. The zero-order valence-electron chi connectivity index (χ0n) is 9.83. The molecule has 0 amide bonds. The number of rotatable bonds is 1. The first-order valence-electron chi connectivity index (χ1n) is 6.20. The molecule has 0 aromatic carbocycles. The van der Waals surface area contributed by atoms with E-state index in [2.05, 4.69) is 16.8 Å². The summed E-state index contributed by atoms with van der Waals surface area (Å²) in [6.45, 7) is 7.03. The molecule has 0 bridgehead atoms. The molecule has 1 N–H and O–H groups in total. The lowest BCUT2D eigenvalue weighted by Gasteiger charge is -2.25. The zero-order chi connectivity index (χ0) is 11.0. The second kappa shape index (κ2) is 4.18. The molecule has 1 aromatic rings. The molecule has 0 saturated carbocycles. The van der Waals surface area contributed by atoms with Crippen molar-refractivity contribution in [3.05, 3.63) is 17.2 Å². The third-order valence-corrected chi connectivity index (χ3v) is 3.69. The van der Waals surface area contributed by atoms with Crippen molar-refractivity contribution in [3.8, 4) is 0 Å². The molecule has 1 fully saturated rings. The molecule has 3 rings (SSSR count). The normalized spacial score (nSPS) is 22.1. The van der Waals surface area contributed by atoms with Gasteiger partial charge in [-0.3, -0.25) is 0 Å². The number of aromatic nitrogens is 2. The first-order chi connectivity index (χ1) is 7.86. The lowest BCUT2D eigenvalue weighted by atomic mass is 9.99. The van der Waals surface area contributed by atoms with Crippen LogP contribution in [-0.2, 0) is 17.8 Å². The van der Waals surface area contributed by atoms with Crippen LogP contribution in [-0.4, -0.2) is 29.3 Å². The fourth-order valence-electron chi connectivity index (χ4n) is 2.77. The summed E-state index contributed by atoms with van der Waals surface area (Å²) in [6, 6.07) is 0. The second-order valence-corrected chi connectivity index (χ2v) is 4.72. The minimum atomic E-state index is 0.610. The second-order valence-electron chi connectivity index (χ2n) is 4.72. The molecule has 2 aliphatic rings. The van der Waals surface area contributed by atoms with Crippen molar-refractivity contribution in [2.45, 2.75) is 38.8 Å². The standard InChI is InChI=1S/C12H19N3O/c1-9-11-8-13-4-5-15(11)12(14-9)10-2-6-16-7-3-10/h10,13H,2-8H2,1H3. The lowest BCUT2D eigenvalue weighted by Crippen LogP contribution is -2.30. The van der Waals surface area contributed by atoms with E-state index >= 15 is 0 Å². The number of imidazole rings is 1. The molecular formula is C12H19N3O. The van der Waals surface area contributed by atoms with Gasteiger partial charge < -0.3 is 14.6 Å². The van der Waals surface area contributed by atoms with Crippen LogP contribution in [0.4, 0.5) is 0 Å². The maximum absolute atomic E-state index is 5.42. The van der Waals surface area contributed by atoms with Gasteiger partial charge in [-0.2, -0.15) is 0 Å². The maximum Gasteiger partial charge on any atom is 0.112 e. The monoisotopic (exact) mass is 221 g/mol. The molecule has 0 radical (unpaired) electrons. The number of fused-ring (bicyclic) bond motifs is 1. The van der Waals surface area contributed by atoms with Crippen LogP contribution in [0.2, 0.25) is 0 Å². The maximum atomic E-state index is 5.42. The molecule has 0 unspecified atom stereocenters. The Balaban J connectivity index is 1.93. The van der Waals surface area contributed by atoms with E-state index in [4.69, 9.17) is 9.72 Å². The predicted octanol–water partition coefficient (Wildman–Crippen LogP) is 1.19. The van der Waals surface area contributed by atoms with Gasteiger partial charge in [-0.1, -0.05) is 0 Å². The molecule has 4 nitrogen and oxygen atoms in total. The smallest absolute Gasteiger partial charge is 0.112 e. The van der Waals surface area contributed by atoms with Crippen molar-refractivity contribution in [3.63, 3.8) is 0 Å². The average Bonchev–Trinajstić information content (AvgIpc) is 2.69. The van der Waals surface area contributed by atoms with Crippen LogP contribution in [0.15, 0.2) is 0 Å². The van der Waals surface area contributed by atoms with Crippen LogP contribution in [0.25, 0.3) is 0 Å². The average molecular weight is 221 g/mol. The molecule has 3 heterocycles. The minimum absolute atomic E-state index is 0.610. The quantitative estimate of drug-likeness (QED) is 0.774. The molecule has 2 aliphatic heterocycles. The Bertz CT molecular complexity index is 380. The van der Waals surface area contributed by atoms with E-state index < -0.39 is 0 Å². The topological polar surface area (TPSA) is 39.1 Å². The van der Waals surface area contributed by atoms with E-state index in [1.807, 2.05) is 0 Å². The van der Waals surface area contributed by atoms with Gasteiger partial charge >= 0.3 is 0 Å². The van der Waals surface area contributed by atoms with Crippen molar-refractivity contribution in [2.24, 2.45) is 0 Å². The summed E-state index contributed by atoms with van der Waals surface area (Å²) in [4.78, 5) is 4.78. The van der Waals surface area contributed by atoms with Crippen LogP contribution < -0.4 is 5.32 Å². The van der Waals surface area contributed by atoms with Gasteiger partial charge in [-0.15, -0.1) is 0 Å². The number of nitrogens with zero attached hydrogens (tertiary/aromatic N) is 2. The van der Waals surface area contributed by atoms with Gasteiger partial charge in [0.1, 0.15) is 5.82 Å². The van der Waals surface area contributed by atoms with Crippen LogP contribution in [0.5, 0.6) is 0 Å². The van der Waals surface area contributed by atoms with Gasteiger partial charge in [0.05, 0.1) is 11.4 Å². The molecular weight excluding hydrogens is 202 g/mol. The number of hydrogen-bond donors (Lipinski definition) is 1. The zero-order valence-corrected chi connectivity index (χ0v) is 9.83. The summed E-state index contributed by atoms with van der Waals surface area (Å²) < 4.78 is 7.86. The van der Waals surface area contributed by atoms with E-state index in [-0.39, 0.29) is 0 Å². The van der Waals surface area contributed by atoms with E-state index in [9.17, 15) is 0 Å². The number of hydrogen-bond acceptors (Lipinski definition) is 3. The van der Waals surface area contributed by atoms with E-state index in [1.165, 1.54) is 17.2 Å². The van der Waals surface area contributed by atoms with E-state index in [0.29, 0.717) is 5.92 Å². The van der Waals surface area contributed by atoms with E-state index in [0.717, 1.165) is 45.7 Å². The van der Waals surface area contributed by atoms with Crippen LogP contribution in [0.1, 0.15) is 36.0 Å². The van der Waals surface area contributed by atoms with Gasteiger partial charge in [0.15, 0.2) is 0 Å². The van der Waals surface area contributed by atoms with Crippen molar-refractivity contribution < 1.29 is 4.74 Å². The summed E-state index contributed by atoms with van der Waals surface area (Å²) in [6.07, 6.45) is 2.26. The summed E-state index contributed by atoms with van der Waals surface area (Å²) in [5.74, 6) is 1.91. The summed E-state index contributed by atoms with van der Waals surface area (Å²) >= 11 is 0. The highest BCUT2D eigenvalue weighted by Crippen LogP contribution is 2.28. The molecule has 4 heteroatoms. The number of aryl methyl sites for hydroxylation is 1. The Morgan fingerprint density at radius 2 is 2.19 bits per heavy atom. The largest absolute Gasteiger partial charge is 0.381 e. The third-order valence-electron chi connectivity index (χ3n) is 3.69. The fraction of sp³-hybridized carbons (Fsp3) is 0.750. The minimum Gasteiger partial charge on any atom is -0.381 e. The first-order valence-corrected chi connectivity index (χ1v) is 6.20. The molecule has 16 heavy (non-hydrogen) atoms. The Kier molecular flexibility index (Phi) is 2.69. The Morgan fingerprint density at radius 1 is 1.38 bits per heavy atom. The van der Waals surface area contributed by atoms with Crippen molar-refractivity contribution in [1.29, 1.82) is 0 Å². The SMILES string of the molecule is Cc1nc(C2CCOCC2)n2c1CNCC2. The molecule has 1 saturated heterocycles. The lowest BCUT2D eigenvalue weighted by molar-refractivity contribution is 0.0826. The number of nitrogens with one attached hydrogen (secondary N) is 1. The molecule has 0 atom stereocenters. The molecule has 88 valence electrons. The summed E-state index contributed by atoms with van der Waals surface area (Å²) in [7, 11) is 0. The molecule has 0 spiro atoms. The van der Waals surface area contributed by atoms with Gasteiger partial charge in [-0.25, -0.2) is 4.98 Å². The Labute approximate surface area is 96.0 Å². The fourth-order valence-corrected chi connectivity index (χ4v) is 2.77. The molecule has 0 aliphatic carbocycles. The highest BCUT2D eigenvalue weighted by molar-refractivity contribution is 5.20. The van der Waals surface area contributed by atoms with Crippen LogP contribution in [0, 0.1) is 6.92 Å². The highest BCUT2D eigenvalue weighted by atomic mass is 16.5. The van der Waals surface area contributed by atoms with Gasteiger partial charge in [-0.05, 0) is 19.8 Å². The van der Waals surface area contributed by atoms with Crippen molar-refractivity contribution in [2.75, 3.05) is 19.8 Å². The predicted molar refractivity (Wildman–Crippen MR) is 61.5 cm³/mol. The van der Waals surface area contributed by atoms with Gasteiger partial charge in [0.2, 0.25) is 0 Å². The van der Waals surface area contributed by atoms with Crippen LogP contribution in [0.3, 0.4) is 0 Å². The summed E-state index contributed by atoms with van der Waals surface area (Å²) in [5, 5.41) is 3.41. The van der Waals surface area contributed by atoms with Crippen molar-refractivity contribution in [1.82, 2.24) is 14.9 Å². The Morgan fingerprint density at radius 3 is 3.00 bits per heavy atom. The third kappa shape index (κ3) is 1.66. The first kappa shape index (κ1) is 10.3. The highest BCUT2D eigenvalue weighted by Gasteiger charge is 2.25. The van der Waals surface area contributed by atoms with Crippen molar-refractivity contribution >= 4 is 0 Å². The van der Waals surface area contributed by atoms with Crippen LogP contribution >= 0.6 is 0 Å². The van der Waals surface area contributed by atoms with Gasteiger partial charge in [0, 0.05) is 38.8 Å².